The molecule has 0 fully saturated rings. The quantitative estimate of drug-likeness (QED) is 0.0806. The van der Waals surface area contributed by atoms with E-state index in [-0.39, 0.29) is 30.9 Å². The van der Waals surface area contributed by atoms with Crippen LogP contribution in [0.15, 0.2) is 12.2 Å². The number of carbonyl (C=O) groups excluding carboxylic acids is 3. The predicted molar refractivity (Wildman–Crippen MR) is 138 cm³/mol. The molecule has 0 spiro atoms. The summed E-state index contributed by atoms with van der Waals surface area (Å²) in [5.74, 6) is -0.313. The summed E-state index contributed by atoms with van der Waals surface area (Å²) in [5, 5.41) is 0. The third-order valence-corrected chi connectivity index (χ3v) is 5.73. The van der Waals surface area contributed by atoms with Gasteiger partial charge in [-0.1, -0.05) is 57.1 Å². The highest BCUT2D eigenvalue weighted by atomic mass is 16.5. The molecule has 0 aromatic heterocycles. The molecule has 204 valence electrons. The molecule has 0 aliphatic rings. The number of ketones is 1. The van der Waals surface area contributed by atoms with Gasteiger partial charge in [-0.15, -0.1) is 0 Å². The van der Waals surface area contributed by atoms with Gasteiger partial charge in [-0.25, -0.2) is 0 Å². The normalized spacial score (nSPS) is 11.1. The number of rotatable bonds is 26. The molecule has 0 unspecified atom stereocenters. The summed E-state index contributed by atoms with van der Waals surface area (Å²) >= 11 is 0. The Morgan fingerprint density at radius 1 is 0.514 bits per heavy atom. The van der Waals surface area contributed by atoms with Crippen molar-refractivity contribution >= 4 is 17.7 Å². The largest absolute Gasteiger partial charge is 0.469 e. The number of Topliss-reactive ketones (excluding diaryl/α,β-unsaturated/α-hetero) is 1. The first kappa shape index (κ1) is 33.3. The molecular weight excluding hydrogens is 448 g/mol. The maximum atomic E-state index is 11.7. The van der Waals surface area contributed by atoms with E-state index in [0.717, 1.165) is 57.8 Å². The number of esters is 2. The zero-order chi connectivity index (χ0) is 25.8. The lowest BCUT2D eigenvalue weighted by Crippen LogP contribution is -2.16. The van der Waals surface area contributed by atoms with Gasteiger partial charge in [0.1, 0.15) is 13.2 Å². The fourth-order valence-corrected chi connectivity index (χ4v) is 3.56. The molecule has 0 aliphatic carbocycles. The maximum absolute atomic E-state index is 11.7. The van der Waals surface area contributed by atoms with Crippen LogP contribution in [0.25, 0.3) is 0 Å². The Kier molecular flexibility index (Phi) is 25.5. The van der Waals surface area contributed by atoms with Crippen LogP contribution < -0.4 is 0 Å². The second-order valence-electron chi connectivity index (χ2n) is 8.94. The standard InChI is InChI=1S/C28H50O7/c1-32-27(30)20-16-13-11-9-7-5-3-4-6-8-10-12-14-18-22-34-24-26(29)25-35-23-19-15-17-21-28(31)33-2/h3,5H,4,6-25H2,1-2H3/b5-3-. The minimum Gasteiger partial charge on any atom is -0.469 e. The van der Waals surface area contributed by atoms with Crippen LogP contribution in [0.3, 0.4) is 0 Å². The van der Waals surface area contributed by atoms with Gasteiger partial charge in [-0.2, -0.15) is 0 Å². The number of allylic oxidation sites excluding steroid dienone is 2. The monoisotopic (exact) mass is 498 g/mol. The van der Waals surface area contributed by atoms with Gasteiger partial charge in [0.05, 0.1) is 14.2 Å². The summed E-state index contributed by atoms with van der Waals surface area (Å²) < 4.78 is 20.0. The molecule has 0 radical (unpaired) electrons. The molecule has 0 heterocycles. The second kappa shape index (κ2) is 26.9. The van der Waals surface area contributed by atoms with Crippen molar-refractivity contribution in [2.45, 2.75) is 109 Å². The van der Waals surface area contributed by atoms with Gasteiger partial charge in [-0.3, -0.25) is 14.4 Å². The Balaban J connectivity index is 3.24. The molecule has 0 amide bonds. The van der Waals surface area contributed by atoms with E-state index >= 15 is 0 Å². The van der Waals surface area contributed by atoms with E-state index in [2.05, 4.69) is 21.6 Å². The highest BCUT2D eigenvalue weighted by molar-refractivity contribution is 5.80. The lowest BCUT2D eigenvalue weighted by molar-refractivity contribution is -0.141. The van der Waals surface area contributed by atoms with Gasteiger partial charge in [0.25, 0.3) is 0 Å². The molecule has 35 heavy (non-hydrogen) atoms. The van der Waals surface area contributed by atoms with Gasteiger partial charge < -0.3 is 18.9 Å². The highest BCUT2D eigenvalue weighted by Crippen LogP contribution is 2.10. The van der Waals surface area contributed by atoms with E-state index in [1.54, 1.807) is 0 Å². The summed E-state index contributed by atoms with van der Waals surface area (Å²) in [5.41, 5.74) is 0. The fourth-order valence-electron chi connectivity index (χ4n) is 3.56. The average Bonchev–Trinajstić information content (AvgIpc) is 2.86. The van der Waals surface area contributed by atoms with E-state index in [1.165, 1.54) is 52.7 Å². The first-order valence-electron chi connectivity index (χ1n) is 13.6. The molecule has 0 saturated carbocycles. The third-order valence-electron chi connectivity index (χ3n) is 5.73. The second-order valence-corrected chi connectivity index (χ2v) is 8.94. The molecule has 0 aliphatic heterocycles. The molecule has 0 rings (SSSR count). The fraction of sp³-hybridized carbons (Fsp3) is 0.821. The molecule has 0 saturated heterocycles. The van der Waals surface area contributed by atoms with Crippen molar-refractivity contribution in [1.82, 2.24) is 0 Å². The number of ether oxygens (including phenoxy) is 4. The van der Waals surface area contributed by atoms with E-state index in [9.17, 15) is 14.4 Å². The zero-order valence-electron chi connectivity index (χ0n) is 22.4. The lowest BCUT2D eigenvalue weighted by atomic mass is 10.1. The van der Waals surface area contributed by atoms with Gasteiger partial charge in [0, 0.05) is 26.1 Å². The van der Waals surface area contributed by atoms with Crippen molar-refractivity contribution in [1.29, 1.82) is 0 Å². The van der Waals surface area contributed by atoms with Crippen LogP contribution in [-0.4, -0.2) is 58.4 Å². The smallest absolute Gasteiger partial charge is 0.305 e. The Labute approximate surface area is 213 Å². The van der Waals surface area contributed by atoms with Crippen molar-refractivity contribution < 1.29 is 33.3 Å². The molecule has 7 nitrogen and oxygen atoms in total. The Hall–Kier alpha value is -1.73. The van der Waals surface area contributed by atoms with Gasteiger partial charge in [-0.05, 0) is 51.4 Å². The first-order chi connectivity index (χ1) is 17.1. The van der Waals surface area contributed by atoms with Crippen LogP contribution in [0.1, 0.15) is 109 Å². The number of methoxy groups -OCH3 is 2. The van der Waals surface area contributed by atoms with Crippen molar-refractivity contribution in [3.05, 3.63) is 12.2 Å². The number of hydrogen-bond donors (Lipinski definition) is 0. The number of unbranched alkanes of at least 4 members (excludes halogenated alkanes) is 12. The van der Waals surface area contributed by atoms with Crippen molar-refractivity contribution in [2.75, 3.05) is 40.6 Å². The molecule has 0 atom stereocenters. The van der Waals surface area contributed by atoms with Crippen LogP contribution in [0, 0.1) is 0 Å². The first-order valence-corrected chi connectivity index (χ1v) is 13.6. The van der Waals surface area contributed by atoms with Crippen molar-refractivity contribution in [3.63, 3.8) is 0 Å². The van der Waals surface area contributed by atoms with E-state index in [1.807, 2.05) is 0 Å². The third kappa shape index (κ3) is 26.7. The maximum Gasteiger partial charge on any atom is 0.305 e. The average molecular weight is 499 g/mol. The molecule has 0 bridgehead atoms. The van der Waals surface area contributed by atoms with Gasteiger partial charge in [0.15, 0.2) is 5.78 Å². The number of hydrogen-bond acceptors (Lipinski definition) is 7. The van der Waals surface area contributed by atoms with Crippen molar-refractivity contribution in [3.8, 4) is 0 Å². The lowest BCUT2D eigenvalue weighted by Gasteiger charge is -2.05. The van der Waals surface area contributed by atoms with Gasteiger partial charge in [0.2, 0.25) is 0 Å². The Bertz CT molecular complexity index is 545. The minimum atomic E-state index is -0.185. The Morgan fingerprint density at radius 2 is 0.886 bits per heavy atom. The topological polar surface area (TPSA) is 88.1 Å². The van der Waals surface area contributed by atoms with Crippen molar-refractivity contribution in [2.24, 2.45) is 0 Å². The minimum absolute atomic E-state index is 0.0221. The zero-order valence-corrected chi connectivity index (χ0v) is 22.4. The predicted octanol–water partition coefficient (Wildman–Crippen LogP) is 6.12. The van der Waals surface area contributed by atoms with E-state index in [0.29, 0.717) is 26.1 Å². The summed E-state index contributed by atoms with van der Waals surface area (Å²) in [7, 11) is 2.83. The number of carbonyl (C=O) groups is 3. The van der Waals surface area contributed by atoms with Gasteiger partial charge >= 0.3 is 11.9 Å². The van der Waals surface area contributed by atoms with Crippen LogP contribution in [0.5, 0.6) is 0 Å². The highest BCUT2D eigenvalue weighted by Gasteiger charge is 2.03. The molecule has 0 aromatic rings. The van der Waals surface area contributed by atoms with E-state index in [4.69, 9.17) is 9.47 Å². The SMILES string of the molecule is COC(=O)CCCCCC/C=C\CCCCCCCCOCC(=O)COCCCCCC(=O)OC. The summed E-state index contributed by atoms with van der Waals surface area (Å²) in [6.45, 7) is 1.39. The van der Waals surface area contributed by atoms with Crippen LogP contribution in [0.4, 0.5) is 0 Å². The molecule has 0 aromatic carbocycles. The summed E-state index contributed by atoms with van der Waals surface area (Å²) in [6.07, 6.45) is 21.9. The summed E-state index contributed by atoms with van der Waals surface area (Å²) in [4.78, 5) is 33.7. The van der Waals surface area contributed by atoms with E-state index < -0.39 is 0 Å². The molecular formula is C28H50O7. The summed E-state index contributed by atoms with van der Waals surface area (Å²) in [6, 6.07) is 0. The Morgan fingerprint density at radius 3 is 1.34 bits per heavy atom. The van der Waals surface area contributed by atoms with Crippen LogP contribution >= 0.6 is 0 Å². The molecule has 7 heteroatoms. The molecule has 0 N–H and O–H groups in total. The van der Waals surface area contributed by atoms with Crippen LogP contribution in [-0.2, 0) is 33.3 Å². The van der Waals surface area contributed by atoms with Crippen LogP contribution in [0.2, 0.25) is 0 Å².